The maximum absolute atomic E-state index is 11.7. The van der Waals surface area contributed by atoms with Gasteiger partial charge in [0.05, 0.1) is 22.4 Å². The van der Waals surface area contributed by atoms with Crippen molar-refractivity contribution in [1.29, 1.82) is 0 Å². The fraction of sp³-hybridized carbons (Fsp3) is 0.455. The number of nitrogen functional groups attached to an aromatic ring is 1. The third kappa shape index (κ3) is 2.43. The Bertz CT molecular complexity index is 544. The van der Waals surface area contributed by atoms with Crippen LogP contribution in [0, 0.1) is 0 Å². The molecule has 1 aliphatic heterocycles. The van der Waals surface area contributed by atoms with Gasteiger partial charge in [-0.05, 0) is 31.7 Å². The molecule has 0 aromatic heterocycles. The Morgan fingerprint density at radius 1 is 1.50 bits per heavy atom. The second-order valence-corrected chi connectivity index (χ2v) is 6.20. The first kappa shape index (κ1) is 13.1. The van der Waals surface area contributed by atoms with Gasteiger partial charge in [-0.15, -0.1) is 0 Å². The smallest absolute Gasteiger partial charge is 0.240 e. The average Bonchev–Trinajstić information content (AvgIpc) is 2.76. The van der Waals surface area contributed by atoms with E-state index in [1.54, 1.807) is 12.1 Å². The molecule has 0 radical (unpaired) electrons. The highest BCUT2D eigenvalue weighted by atomic mass is 32.2. The van der Waals surface area contributed by atoms with Gasteiger partial charge in [0.1, 0.15) is 0 Å². The third-order valence-electron chi connectivity index (χ3n) is 3.08. The van der Waals surface area contributed by atoms with Crippen molar-refractivity contribution >= 4 is 21.4 Å². The van der Waals surface area contributed by atoms with Gasteiger partial charge < -0.3 is 15.7 Å². The highest BCUT2D eigenvalue weighted by Gasteiger charge is 2.23. The van der Waals surface area contributed by atoms with Crippen LogP contribution in [0.15, 0.2) is 23.1 Å². The van der Waals surface area contributed by atoms with E-state index < -0.39 is 10.0 Å². The van der Waals surface area contributed by atoms with Crippen LogP contribution < -0.4 is 15.4 Å². The molecule has 1 heterocycles. The Hall–Kier alpha value is -1.31. The van der Waals surface area contributed by atoms with E-state index in [0.29, 0.717) is 30.9 Å². The largest absolute Gasteiger partial charge is 0.397 e. The molecule has 0 saturated carbocycles. The lowest BCUT2D eigenvalue weighted by molar-refractivity contribution is 0.198. The van der Waals surface area contributed by atoms with E-state index in [9.17, 15) is 13.5 Å². The van der Waals surface area contributed by atoms with Crippen molar-refractivity contribution in [2.24, 2.45) is 0 Å². The maximum Gasteiger partial charge on any atom is 0.240 e. The number of nitrogens with two attached hydrogens (primary N) is 1. The van der Waals surface area contributed by atoms with Crippen molar-refractivity contribution < 1.29 is 13.5 Å². The molecule has 0 amide bonds. The van der Waals surface area contributed by atoms with Crippen molar-refractivity contribution in [3.05, 3.63) is 18.2 Å². The van der Waals surface area contributed by atoms with E-state index in [1.807, 2.05) is 4.90 Å². The van der Waals surface area contributed by atoms with Crippen molar-refractivity contribution in [3.8, 4) is 0 Å². The number of anilines is 2. The second-order valence-electron chi connectivity index (χ2n) is 4.32. The molecule has 1 aromatic carbocycles. The second kappa shape index (κ2) is 4.75. The van der Waals surface area contributed by atoms with Crippen LogP contribution in [0.4, 0.5) is 11.4 Å². The average molecular weight is 271 g/mol. The minimum Gasteiger partial charge on any atom is -0.397 e. The molecule has 2 rings (SSSR count). The summed E-state index contributed by atoms with van der Waals surface area (Å²) in [7, 11) is -2.11. The van der Waals surface area contributed by atoms with Gasteiger partial charge in [-0.2, -0.15) is 0 Å². The zero-order valence-corrected chi connectivity index (χ0v) is 10.9. The number of hydrogen-bond acceptors (Lipinski definition) is 5. The van der Waals surface area contributed by atoms with E-state index in [1.165, 1.54) is 13.1 Å². The summed E-state index contributed by atoms with van der Waals surface area (Å²) in [5.74, 6) is 0. The topological polar surface area (TPSA) is 95.7 Å². The highest BCUT2D eigenvalue weighted by molar-refractivity contribution is 7.89. The number of rotatable bonds is 3. The summed E-state index contributed by atoms with van der Waals surface area (Å²) in [5.41, 5.74) is 7.03. The van der Waals surface area contributed by atoms with Crippen LogP contribution in [0.1, 0.15) is 6.42 Å². The first-order valence-corrected chi connectivity index (χ1v) is 7.18. The summed E-state index contributed by atoms with van der Waals surface area (Å²) in [6.07, 6.45) is 0.289. The molecule has 18 heavy (non-hydrogen) atoms. The number of aliphatic hydroxyl groups is 1. The molecule has 0 bridgehead atoms. The fourth-order valence-electron chi connectivity index (χ4n) is 2.04. The monoisotopic (exact) mass is 271 g/mol. The predicted molar refractivity (Wildman–Crippen MR) is 69.9 cm³/mol. The van der Waals surface area contributed by atoms with E-state index in [2.05, 4.69) is 4.72 Å². The van der Waals surface area contributed by atoms with Crippen molar-refractivity contribution in [1.82, 2.24) is 4.72 Å². The molecule has 0 spiro atoms. The summed E-state index contributed by atoms with van der Waals surface area (Å²) in [6, 6.07) is 4.58. The van der Waals surface area contributed by atoms with Gasteiger partial charge in [0.15, 0.2) is 0 Å². The Morgan fingerprint density at radius 2 is 2.22 bits per heavy atom. The van der Waals surface area contributed by atoms with Gasteiger partial charge in [-0.1, -0.05) is 0 Å². The standard InChI is InChI=1S/C11H17N3O3S/c1-13-18(16,17)9-2-3-10(12)11(6-9)14-5-4-8(15)7-14/h2-3,6,8,13,15H,4-5,7,12H2,1H3. The lowest BCUT2D eigenvalue weighted by Gasteiger charge is -2.20. The van der Waals surface area contributed by atoms with E-state index in [0.717, 1.165) is 0 Å². The molecular weight excluding hydrogens is 254 g/mol. The number of benzene rings is 1. The summed E-state index contributed by atoms with van der Waals surface area (Å²) in [4.78, 5) is 2.07. The van der Waals surface area contributed by atoms with E-state index in [-0.39, 0.29) is 11.0 Å². The minimum atomic E-state index is -3.48. The summed E-state index contributed by atoms with van der Waals surface area (Å²) >= 11 is 0. The molecule has 1 aliphatic rings. The predicted octanol–water partition coefficient (Wildman–Crippen LogP) is -0.252. The highest BCUT2D eigenvalue weighted by Crippen LogP contribution is 2.29. The normalized spacial score (nSPS) is 20.3. The van der Waals surface area contributed by atoms with E-state index in [4.69, 9.17) is 5.73 Å². The zero-order valence-electron chi connectivity index (χ0n) is 10.1. The van der Waals surface area contributed by atoms with Gasteiger partial charge in [-0.25, -0.2) is 13.1 Å². The van der Waals surface area contributed by atoms with Gasteiger partial charge >= 0.3 is 0 Å². The first-order valence-electron chi connectivity index (χ1n) is 5.70. The number of aliphatic hydroxyl groups excluding tert-OH is 1. The fourth-order valence-corrected chi connectivity index (χ4v) is 2.79. The number of nitrogens with one attached hydrogen (secondary N) is 1. The molecule has 0 aliphatic carbocycles. The summed E-state index contributed by atoms with van der Waals surface area (Å²) in [6.45, 7) is 1.15. The lowest BCUT2D eigenvalue weighted by atomic mass is 10.2. The first-order chi connectivity index (χ1) is 8.44. The van der Waals surface area contributed by atoms with Gasteiger partial charge in [0, 0.05) is 13.1 Å². The number of sulfonamides is 1. The molecule has 4 N–H and O–H groups in total. The third-order valence-corrected chi connectivity index (χ3v) is 4.50. The Balaban J connectivity index is 2.39. The van der Waals surface area contributed by atoms with Gasteiger partial charge in [0.2, 0.25) is 10.0 Å². The lowest BCUT2D eigenvalue weighted by Crippen LogP contribution is -2.23. The van der Waals surface area contributed by atoms with Crippen molar-refractivity contribution in [2.45, 2.75) is 17.4 Å². The van der Waals surface area contributed by atoms with Crippen LogP contribution in [0.2, 0.25) is 0 Å². The molecule has 100 valence electrons. The Morgan fingerprint density at radius 3 is 2.78 bits per heavy atom. The summed E-state index contributed by atoms with van der Waals surface area (Å²) in [5, 5.41) is 9.51. The molecule has 1 aromatic rings. The quantitative estimate of drug-likeness (QED) is 0.659. The SMILES string of the molecule is CNS(=O)(=O)c1ccc(N)c(N2CCC(O)C2)c1. The van der Waals surface area contributed by atoms with Gasteiger partial charge in [-0.3, -0.25) is 0 Å². The maximum atomic E-state index is 11.7. The minimum absolute atomic E-state index is 0.176. The zero-order chi connectivity index (χ0) is 13.3. The Kier molecular flexibility index (Phi) is 3.47. The van der Waals surface area contributed by atoms with Crippen molar-refractivity contribution in [3.63, 3.8) is 0 Å². The molecule has 1 unspecified atom stereocenters. The summed E-state index contributed by atoms with van der Waals surface area (Å²) < 4.78 is 25.7. The molecule has 1 atom stereocenters. The van der Waals surface area contributed by atoms with Crippen LogP contribution in [-0.4, -0.2) is 39.8 Å². The van der Waals surface area contributed by atoms with Crippen LogP contribution in [-0.2, 0) is 10.0 Å². The van der Waals surface area contributed by atoms with E-state index >= 15 is 0 Å². The molecule has 1 fully saturated rings. The number of nitrogens with zero attached hydrogens (tertiary/aromatic N) is 1. The number of hydrogen-bond donors (Lipinski definition) is 3. The number of β-amino-alcohol motifs (C(OH)–C–C–N with tert-alkyl or cyclic N) is 1. The van der Waals surface area contributed by atoms with Crippen molar-refractivity contribution in [2.75, 3.05) is 30.8 Å². The van der Waals surface area contributed by atoms with Crippen LogP contribution in [0.3, 0.4) is 0 Å². The van der Waals surface area contributed by atoms with Crippen LogP contribution in [0.25, 0.3) is 0 Å². The Labute approximate surface area is 106 Å². The van der Waals surface area contributed by atoms with Crippen LogP contribution >= 0.6 is 0 Å². The van der Waals surface area contributed by atoms with Gasteiger partial charge in [0.25, 0.3) is 0 Å². The molecular formula is C11H17N3O3S. The molecule has 6 nitrogen and oxygen atoms in total. The molecule has 7 heteroatoms. The molecule has 1 saturated heterocycles. The van der Waals surface area contributed by atoms with Crippen LogP contribution in [0.5, 0.6) is 0 Å².